The molecule has 1 aromatic heterocycles. The fraction of sp³-hybridized carbons (Fsp3) is 0.455. The molecule has 2 rings (SSSR count). The molecule has 5 nitrogen and oxygen atoms in total. The van der Waals surface area contributed by atoms with Crippen LogP contribution in [-0.4, -0.2) is 31.3 Å². The Balaban J connectivity index is 2.10. The Hall–Kier alpha value is -1.78. The van der Waals surface area contributed by atoms with Crippen LogP contribution in [0.1, 0.15) is 23.9 Å². The summed E-state index contributed by atoms with van der Waals surface area (Å²) in [5.74, 6) is 0.983. The van der Waals surface area contributed by atoms with Gasteiger partial charge in [0.05, 0.1) is 0 Å². The van der Waals surface area contributed by atoms with Crippen molar-refractivity contribution in [1.29, 1.82) is 0 Å². The van der Waals surface area contributed by atoms with Gasteiger partial charge >= 0.3 is 0 Å². The average Bonchev–Trinajstić information content (AvgIpc) is 2.63. The van der Waals surface area contributed by atoms with Crippen LogP contribution in [0.25, 0.3) is 0 Å². The van der Waals surface area contributed by atoms with Crippen LogP contribution >= 0.6 is 0 Å². The van der Waals surface area contributed by atoms with E-state index in [2.05, 4.69) is 5.32 Å². The molecule has 0 unspecified atom stereocenters. The topological polar surface area (TPSA) is 62.6 Å². The van der Waals surface area contributed by atoms with Crippen molar-refractivity contribution in [1.82, 2.24) is 5.32 Å². The fourth-order valence-electron chi connectivity index (χ4n) is 1.67. The van der Waals surface area contributed by atoms with E-state index in [0.717, 1.165) is 0 Å². The Kier molecular flexibility index (Phi) is 2.94. The summed E-state index contributed by atoms with van der Waals surface area (Å²) in [5.41, 5.74) is 0. The van der Waals surface area contributed by atoms with Crippen LogP contribution in [0.2, 0.25) is 0 Å². The van der Waals surface area contributed by atoms with Crippen molar-refractivity contribution in [3.05, 3.63) is 17.9 Å². The molecular formula is C11H14N2O3. The van der Waals surface area contributed by atoms with Crippen molar-refractivity contribution in [2.75, 3.05) is 24.5 Å². The first kappa shape index (κ1) is 10.7. The number of carbonyl (C=O) groups is 2. The van der Waals surface area contributed by atoms with E-state index in [9.17, 15) is 9.59 Å². The highest BCUT2D eigenvalue weighted by molar-refractivity contribution is 5.91. The summed E-state index contributed by atoms with van der Waals surface area (Å²) in [4.78, 5) is 24.2. The number of rotatable bonds is 2. The number of amides is 1. The predicted octanol–water partition coefficient (Wildman–Crippen LogP) is 0.808. The molecule has 0 bridgehead atoms. The summed E-state index contributed by atoms with van der Waals surface area (Å²) in [6.45, 7) is 3.40. The molecule has 0 aromatic carbocycles. The maximum absolute atomic E-state index is 11.2. The number of hydrogen-bond acceptors (Lipinski definition) is 4. The second kappa shape index (κ2) is 4.38. The zero-order valence-electron chi connectivity index (χ0n) is 9.16. The van der Waals surface area contributed by atoms with E-state index < -0.39 is 0 Å². The Bertz CT molecular complexity index is 411. The summed E-state index contributed by atoms with van der Waals surface area (Å²) in [5, 5.41) is 2.78. The van der Waals surface area contributed by atoms with E-state index in [4.69, 9.17) is 4.42 Å². The van der Waals surface area contributed by atoms with Crippen LogP contribution in [0, 0.1) is 0 Å². The molecule has 1 saturated heterocycles. The minimum Gasteiger partial charge on any atom is -0.437 e. The Morgan fingerprint density at radius 2 is 2.25 bits per heavy atom. The first-order chi connectivity index (χ1) is 7.66. The van der Waals surface area contributed by atoms with Gasteiger partial charge in [-0.05, 0) is 6.07 Å². The highest BCUT2D eigenvalue weighted by atomic mass is 16.4. The molecule has 0 aliphatic carbocycles. The monoisotopic (exact) mass is 222 g/mol. The Labute approximate surface area is 93.4 Å². The quantitative estimate of drug-likeness (QED) is 0.752. The Morgan fingerprint density at radius 3 is 2.94 bits per heavy atom. The molecule has 1 N–H and O–H groups in total. The van der Waals surface area contributed by atoms with E-state index >= 15 is 0 Å². The van der Waals surface area contributed by atoms with Crippen LogP contribution in [0.3, 0.4) is 0 Å². The van der Waals surface area contributed by atoms with Gasteiger partial charge in [-0.25, -0.2) is 0 Å². The van der Waals surface area contributed by atoms with Crippen molar-refractivity contribution in [3.8, 4) is 0 Å². The average molecular weight is 222 g/mol. The predicted molar refractivity (Wildman–Crippen MR) is 58.6 cm³/mol. The molecule has 2 heterocycles. The second-order valence-corrected chi connectivity index (χ2v) is 3.78. The highest BCUT2D eigenvalue weighted by Gasteiger charge is 2.17. The molecule has 1 fully saturated rings. The minimum absolute atomic E-state index is 0.0563. The van der Waals surface area contributed by atoms with E-state index in [0.29, 0.717) is 37.7 Å². The SMILES string of the molecule is CC(=O)c1ccc(N2CCNC(=O)CC2)o1. The maximum atomic E-state index is 11.2. The summed E-state index contributed by atoms with van der Waals surface area (Å²) < 4.78 is 5.41. The van der Waals surface area contributed by atoms with Gasteiger partial charge in [-0.2, -0.15) is 0 Å². The summed E-state index contributed by atoms with van der Waals surface area (Å²) >= 11 is 0. The smallest absolute Gasteiger partial charge is 0.221 e. The number of furan rings is 1. The number of anilines is 1. The van der Waals surface area contributed by atoms with E-state index in [1.165, 1.54) is 6.92 Å². The second-order valence-electron chi connectivity index (χ2n) is 3.78. The molecular weight excluding hydrogens is 208 g/mol. The zero-order valence-corrected chi connectivity index (χ0v) is 9.16. The van der Waals surface area contributed by atoms with Gasteiger partial charge in [-0.15, -0.1) is 0 Å². The van der Waals surface area contributed by atoms with Gasteiger partial charge in [-0.3, -0.25) is 9.59 Å². The third kappa shape index (κ3) is 2.24. The van der Waals surface area contributed by atoms with Crippen LogP contribution in [-0.2, 0) is 4.79 Å². The normalized spacial score (nSPS) is 16.8. The summed E-state index contributed by atoms with van der Waals surface area (Å²) in [6.07, 6.45) is 0.454. The number of hydrogen-bond donors (Lipinski definition) is 1. The molecule has 86 valence electrons. The maximum Gasteiger partial charge on any atom is 0.221 e. The van der Waals surface area contributed by atoms with Gasteiger partial charge in [0.25, 0.3) is 0 Å². The van der Waals surface area contributed by atoms with Crippen LogP contribution in [0.5, 0.6) is 0 Å². The molecule has 0 radical (unpaired) electrons. The lowest BCUT2D eigenvalue weighted by molar-refractivity contribution is -0.120. The van der Waals surface area contributed by atoms with Crippen LogP contribution < -0.4 is 10.2 Å². The summed E-state index contributed by atoms with van der Waals surface area (Å²) in [7, 11) is 0. The molecule has 0 saturated carbocycles. The standard InChI is InChI=1S/C11H14N2O3/c1-8(14)9-2-3-11(16-9)13-6-4-10(15)12-5-7-13/h2-3H,4-7H2,1H3,(H,12,15). The molecule has 5 heteroatoms. The Morgan fingerprint density at radius 1 is 1.44 bits per heavy atom. The third-order valence-electron chi connectivity index (χ3n) is 2.56. The molecule has 16 heavy (non-hydrogen) atoms. The molecule has 1 aliphatic heterocycles. The van der Waals surface area contributed by atoms with E-state index in [-0.39, 0.29) is 11.7 Å². The van der Waals surface area contributed by atoms with Crippen molar-refractivity contribution >= 4 is 17.6 Å². The number of carbonyl (C=O) groups excluding carboxylic acids is 2. The lowest BCUT2D eigenvalue weighted by Crippen LogP contribution is -2.28. The third-order valence-corrected chi connectivity index (χ3v) is 2.56. The van der Waals surface area contributed by atoms with Gasteiger partial charge in [0.2, 0.25) is 5.91 Å². The molecule has 1 aliphatic rings. The number of ketones is 1. The van der Waals surface area contributed by atoms with Gasteiger partial charge in [-0.1, -0.05) is 0 Å². The molecule has 0 spiro atoms. The van der Waals surface area contributed by atoms with Crippen LogP contribution in [0.4, 0.5) is 5.88 Å². The van der Waals surface area contributed by atoms with Gasteiger partial charge in [0, 0.05) is 39.0 Å². The molecule has 1 amide bonds. The zero-order chi connectivity index (χ0) is 11.5. The lowest BCUT2D eigenvalue weighted by atomic mass is 10.3. The first-order valence-corrected chi connectivity index (χ1v) is 5.29. The van der Waals surface area contributed by atoms with Crippen molar-refractivity contribution in [3.63, 3.8) is 0 Å². The molecule has 1 aromatic rings. The van der Waals surface area contributed by atoms with Crippen molar-refractivity contribution in [2.45, 2.75) is 13.3 Å². The largest absolute Gasteiger partial charge is 0.437 e. The summed E-state index contributed by atoms with van der Waals surface area (Å²) in [6, 6.07) is 3.43. The van der Waals surface area contributed by atoms with Crippen molar-refractivity contribution in [2.24, 2.45) is 0 Å². The van der Waals surface area contributed by atoms with E-state index in [1.807, 2.05) is 4.90 Å². The number of nitrogens with one attached hydrogen (secondary N) is 1. The van der Waals surface area contributed by atoms with Crippen LogP contribution in [0.15, 0.2) is 16.5 Å². The highest BCUT2D eigenvalue weighted by Crippen LogP contribution is 2.19. The number of Topliss-reactive ketones (excluding diaryl/α,β-unsaturated/α-hetero) is 1. The van der Waals surface area contributed by atoms with Gasteiger partial charge in [0.15, 0.2) is 17.4 Å². The number of nitrogens with zero attached hydrogens (tertiary/aromatic N) is 1. The minimum atomic E-state index is -0.0877. The fourth-order valence-corrected chi connectivity index (χ4v) is 1.67. The molecule has 0 atom stereocenters. The van der Waals surface area contributed by atoms with E-state index in [1.54, 1.807) is 12.1 Å². The van der Waals surface area contributed by atoms with Gasteiger partial charge in [0.1, 0.15) is 0 Å². The van der Waals surface area contributed by atoms with Gasteiger partial charge < -0.3 is 14.6 Å². The lowest BCUT2D eigenvalue weighted by Gasteiger charge is -2.17. The van der Waals surface area contributed by atoms with Crippen molar-refractivity contribution < 1.29 is 14.0 Å². The first-order valence-electron chi connectivity index (χ1n) is 5.29.